The molecule has 1 aliphatic carbocycles. The molecule has 0 saturated heterocycles. The molecule has 1 aromatic rings. The summed E-state index contributed by atoms with van der Waals surface area (Å²) in [7, 11) is 4.13. The van der Waals surface area contributed by atoms with Crippen LogP contribution in [0.15, 0.2) is 12.5 Å². The number of hydrogen-bond donors (Lipinski definition) is 1. The average Bonchev–Trinajstić information content (AvgIpc) is 2.58. The van der Waals surface area contributed by atoms with Gasteiger partial charge >= 0.3 is 0 Å². The molecule has 16 heavy (non-hydrogen) atoms. The van der Waals surface area contributed by atoms with Crippen LogP contribution in [0.2, 0.25) is 0 Å². The molecule has 0 atom stereocenters. The zero-order valence-electron chi connectivity index (χ0n) is 10.2. The van der Waals surface area contributed by atoms with Gasteiger partial charge in [0.1, 0.15) is 0 Å². The molecule has 0 spiro atoms. The van der Waals surface area contributed by atoms with E-state index in [2.05, 4.69) is 16.9 Å². The number of imidazole rings is 1. The summed E-state index contributed by atoms with van der Waals surface area (Å²) in [5.74, 6) is 0. The summed E-state index contributed by atoms with van der Waals surface area (Å²) in [5.41, 5.74) is 1.39. The van der Waals surface area contributed by atoms with E-state index in [4.69, 9.17) is 0 Å². The maximum Gasteiger partial charge on any atom is 0.0945 e. The summed E-state index contributed by atoms with van der Waals surface area (Å²) < 4.78 is 2.04. The van der Waals surface area contributed by atoms with Gasteiger partial charge in [-0.15, -0.1) is 0 Å². The first-order valence-corrected chi connectivity index (χ1v) is 5.90. The van der Waals surface area contributed by atoms with Gasteiger partial charge in [-0.05, 0) is 19.9 Å². The lowest BCUT2D eigenvalue weighted by molar-refractivity contribution is 0.0123. The minimum atomic E-state index is 0.174. The van der Waals surface area contributed by atoms with Crippen molar-refractivity contribution in [3.8, 4) is 0 Å². The molecule has 4 heteroatoms. The average molecular weight is 223 g/mol. The van der Waals surface area contributed by atoms with Crippen molar-refractivity contribution in [1.82, 2.24) is 14.5 Å². The van der Waals surface area contributed by atoms with Crippen molar-refractivity contribution < 1.29 is 5.11 Å². The molecule has 1 aliphatic rings. The van der Waals surface area contributed by atoms with Crippen molar-refractivity contribution in [2.45, 2.75) is 25.8 Å². The van der Waals surface area contributed by atoms with E-state index in [1.807, 2.05) is 24.1 Å². The highest BCUT2D eigenvalue weighted by Crippen LogP contribution is 2.40. The Hall–Kier alpha value is -0.870. The third-order valence-electron chi connectivity index (χ3n) is 3.70. The number of aliphatic hydroxyl groups is 1. The summed E-state index contributed by atoms with van der Waals surface area (Å²) in [6.07, 6.45) is 7.33. The number of aliphatic hydroxyl groups excluding tert-OH is 1. The van der Waals surface area contributed by atoms with Crippen LogP contribution in [0, 0.1) is 5.41 Å². The van der Waals surface area contributed by atoms with Gasteiger partial charge in [-0.25, -0.2) is 4.98 Å². The van der Waals surface area contributed by atoms with Crippen LogP contribution in [-0.2, 0) is 13.6 Å². The first kappa shape index (κ1) is 11.6. The lowest BCUT2D eigenvalue weighted by Crippen LogP contribution is -2.43. The Balaban J connectivity index is 1.89. The van der Waals surface area contributed by atoms with Gasteiger partial charge < -0.3 is 9.67 Å². The number of hydrogen-bond acceptors (Lipinski definition) is 3. The zero-order chi connectivity index (χ0) is 11.6. The molecular weight excluding hydrogens is 202 g/mol. The molecule has 1 heterocycles. The molecule has 0 bridgehead atoms. The first-order chi connectivity index (χ1) is 7.65. The Morgan fingerprint density at radius 1 is 1.56 bits per heavy atom. The topological polar surface area (TPSA) is 41.3 Å². The molecule has 1 saturated carbocycles. The van der Waals surface area contributed by atoms with Gasteiger partial charge in [-0.3, -0.25) is 4.90 Å². The van der Waals surface area contributed by atoms with E-state index in [-0.39, 0.29) is 5.41 Å². The normalized spacial score (nSPS) is 18.8. The van der Waals surface area contributed by atoms with Gasteiger partial charge in [0.2, 0.25) is 0 Å². The van der Waals surface area contributed by atoms with E-state index in [0.717, 1.165) is 13.1 Å². The highest BCUT2D eigenvalue weighted by molar-refractivity contribution is 4.98. The fourth-order valence-electron chi connectivity index (χ4n) is 2.48. The molecule has 90 valence electrons. The van der Waals surface area contributed by atoms with Crippen molar-refractivity contribution in [2.75, 3.05) is 20.2 Å². The van der Waals surface area contributed by atoms with Gasteiger partial charge in [0, 0.05) is 38.4 Å². The highest BCUT2D eigenvalue weighted by atomic mass is 16.3. The van der Waals surface area contributed by atoms with Crippen LogP contribution in [0.1, 0.15) is 25.0 Å². The summed E-state index contributed by atoms with van der Waals surface area (Å²) in [4.78, 5) is 6.40. The lowest BCUT2D eigenvalue weighted by atomic mass is 9.69. The maximum absolute atomic E-state index is 9.42. The molecule has 2 rings (SSSR count). The molecule has 0 aromatic carbocycles. The van der Waals surface area contributed by atoms with E-state index < -0.39 is 0 Å². The highest BCUT2D eigenvalue weighted by Gasteiger charge is 2.37. The molecule has 1 N–H and O–H groups in total. The van der Waals surface area contributed by atoms with Crippen LogP contribution in [0.25, 0.3) is 0 Å². The van der Waals surface area contributed by atoms with Crippen LogP contribution in [-0.4, -0.2) is 39.8 Å². The minimum Gasteiger partial charge on any atom is -0.396 e. The van der Waals surface area contributed by atoms with Gasteiger partial charge in [-0.2, -0.15) is 0 Å². The first-order valence-electron chi connectivity index (χ1n) is 5.90. The summed E-state index contributed by atoms with van der Waals surface area (Å²) in [6.45, 7) is 2.20. The largest absolute Gasteiger partial charge is 0.396 e. The summed E-state index contributed by atoms with van der Waals surface area (Å²) >= 11 is 0. The second-order valence-electron chi connectivity index (χ2n) is 5.18. The number of aryl methyl sites for hydroxylation is 1. The third kappa shape index (κ3) is 2.28. The number of rotatable bonds is 5. The van der Waals surface area contributed by atoms with Gasteiger partial charge in [0.05, 0.1) is 12.0 Å². The Bertz CT molecular complexity index is 338. The zero-order valence-corrected chi connectivity index (χ0v) is 10.2. The molecule has 0 unspecified atom stereocenters. The van der Waals surface area contributed by atoms with Crippen LogP contribution in [0.3, 0.4) is 0 Å². The molecule has 4 nitrogen and oxygen atoms in total. The Morgan fingerprint density at radius 3 is 2.75 bits per heavy atom. The second-order valence-corrected chi connectivity index (χ2v) is 5.18. The SMILES string of the molecule is CN(Cc1cncn1C)CC1(CO)CCC1. The Kier molecular flexibility index (Phi) is 3.30. The van der Waals surface area contributed by atoms with Crippen molar-refractivity contribution in [1.29, 1.82) is 0 Å². The second kappa shape index (κ2) is 4.55. The van der Waals surface area contributed by atoms with Gasteiger partial charge in [0.25, 0.3) is 0 Å². The Morgan fingerprint density at radius 2 is 2.31 bits per heavy atom. The van der Waals surface area contributed by atoms with Crippen molar-refractivity contribution in [2.24, 2.45) is 12.5 Å². The Labute approximate surface area is 96.9 Å². The lowest BCUT2D eigenvalue weighted by Gasteiger charge is -2.43. The fourth-order valence-corrected chi connectivity index (χ4v) is 2.48. The van der Waals surface area contributed by atoms with Gasteiger partial charge in [-0.1, -0.05) is 6.42 Å². The predicted octanol–water partition coefficient (Wildman–Crippen LogP) is 1.01. The number of nitrogens with zero attached hydrogens (tertiary/aromatic N) is 3. The van der Waals surface area contributed by atoms with Crippen LogP contribution in [0.4, 0.5) is 0 Å². The maximum atomic E-state index is 9.42. The smallest absolute Gasteiger partial charge is 0.0945 e. The van der Waals surface area contributed by atoms with Crippen molar-refractivity contribution in [3.63, 3.8) is 0 Å². The van der Waals surface area contributed by atoms with E-state index in [1.54, 1.807) is 0 Å². The monoisotopic (exact) mass is 223 g/mol. The molecule has 1 aromatic heterocycles. The van der Waals surface area contributed by atoms with E-state index in [1.165, 1.54) is 25.0 Å². The predicted molar refractivity (Wildman–Crippen MR) is 62.9 cm³/mol. The molecule has 0 amide bonds. The fraction of sp³-hybridized carbons (Fsp3) is 0.750. The molecular formula is C12H21N3O. The van der Waals surface area contributed by atoms with Crippen LogP contribution in [0.5, 0.6) is 0 Å². The summed E-state index contributed by atoms with van der Waals surface area (Å²) in [6, 6.07) is 0. The van der Waals surface area contributed by atoms with Gasteiger partial charge in [0.15, 0.2) is 0 Å². The van der Waals surface area contributed by atoms with Crippen LogP contribution >= 0.6 is 0 Å². The standard InChI is InChI=1S/C12H21N3O/c1-14(7-11-6-13-10-15(11)2)8-12(9-16)4-3-5-12/h6,10,16H,3-5,7-9H2,1-2H3. The number of aromatic nitrogens is 2. The van der Waals surface area contributed by atoms with Crippen LogP contribution < -0.4 is 0 Å². The van der Waals surface area contributed by atoms with E-state index in [9.17, 15) is 5.11 Å². The molecule has 0 radical (unpaired) electrons. The van der Waals surface area contributed by atoms with E-state index >= 15 is 0 Å². The molecule has 0 aliphatic heterocycles. The third-order valence-corrected chi connectivity index (χ3v) is 3.70. The molecule has 1 fully saturated rings. The minimum absolute atomic E-state index is 0.174. The summed E-state index contributed by atoms with van der Waals surface area (Å²) in [5, 5.41) is 9.42. The quantitative estimate of drug-likeness (QED) is 0.810. The van der Waals surface area contributed by atoms with Crippen molar-refractivity contribution >= 4 is 0 Å². The van der Waals surface area contributed by atoms with Crippen molar-refractivity contribution in [3.05, 3.63) is 18.2 Å². The van der Waals surface area contributed by atoms with E-state index in [0.29, 0.717) is 6.61 Å².